The first-order chi connectivity index (χ1) is 17.8. The van der Waals surface area contributed by atoms with Gasteiger partial charge in [0.2, 0.25) is 5.95 Å². The number of benzene rings is 3. The molecule has 0 spiro atoms. The van der Waals surface area contributed by atoms with Gasteiger partial charge in [0.15, 0.2) is 5.60 Å². The van der Waals surface area contributed by atoms with E-state index in [-0.39, 0.29) is 5.56 Å². The Bertz CT molecular complexity index is 1630. The van der Waals surface area contributed by atoms with Gasteiger partial charge >= 0.3 is 5.97 Å². The normalized spacial score (nSPS) is 12.9. The van der Waals surface area contributed by atoms with Gasteiger partial charge in [-0.05, 0) is 60.0 Å². The third-order valence-corrected chi connectivity index (χ3v) is 7.30. The molecule has 4 N–H and O–H groups in total. The molecule has 0 radical (unpaired) electrons. The van der Waals surface area contributed by atoms with Gasteiger partial charge in [-0.3, -0.25) is 0 Å². The number of aliphatic hydroxyl groups excluding tert-OH is 1. The monoisotopic (exact) mass is 512 g/mol. The van der Waals surface area contributed by atoms with E-state index < -0.39 is 18.2 Å². The highest BCUT2D eigenvalue weighted by molar-refractivity contribution is 7.15. The zero-order chi connectivity index (χ0) is 26.2. The number of aryl methyl sites for hydroxylation is 2. The molecule has 1 atom stereocenters. The summed E-state index contributed by atoms with van der Waals surface area (Å²) in [6.07, 6.45) is 3.36. The average Bonchev–Trinajstić information content (AvgIpc) is 3.38. The molecule has 0 saturated heterocycles. The molecule has 2 heterocycles. The van der Waals surface area contributed by atoms with E-state index in [1.54, 1.807) is 42.7 Å². The Morgan fingerprint density at radius 1 is 1.03 bits per heavy atom. The number of aromatic nitrogens is 3. The summed E-state index contributed by atoms with van der Waals surface area (Å²) in [5.74, 6) is -0.570. The van der Waals surface area contributed by atoms with Crippen LogP contribution in [0.1, 0.15) is 32.2 Å². The average molecular weight is 513 g/mol. The number of nitrogens with zero attached hydrogens (tertiary/aromatic N) is 3. The van der Waals surface area contributed by atoms with Crippen LogP contribution in [0.3, 0.4) is 0 Å². The number of nitrogens with one attached hydrogen (secondary N) is 1. The molecule has 5 aromatic rings. The Balaban J connectivity index is 1.55. The number of hydrogen-bond acceptors (Lipinski definition) is 8. The second-order valence-electron chi connectivity index (χ2n) is 8.79. The zero-order valence-corrected chi connectivity index (χ0v) is 21.0. The highest BCUT2D eigenvalue weighted by Gasteiger charge is 2.36. The number of hydrogen-bond donors (Lipinski definition) is 4. The van der Waals surface area contributed by atoms with Crippen LogP contribution in [0.25, 0.3) is 21.2 Å². The minimum atomic E-state index is -1.82. The lowest BCUT2D eigenvalue weighted by molar-refractivity contribution is 0.0183. The van der Waals surface area contributed by atoms with Gasteiger partial charge < -0.3 is 20.6 Å². The van der Waals surface area contributed by atoms with Gasteiger partial charge in [-0.2, -0.15) is 0 Å². The predicted molar refractivity (Wildman–Crippen MR) is 143 cm³/mol. The molecular formula is C28H24N4O4S. The van der Waals surface area contributed by atoms with Crippen molar-refractivity contribution in [3.63, 3.8) is 0 Å². The van der Waals surface area contributed by atoms with Gasteiger partial charge in [0.1, 0.15) is 5.01 Å². The van der Waals surface area contributed by atoms with Crippen molar-refractivity contribution in [2.24, 2.45) is 0 Å². The number of thiazole rings is 1. The van der Waals surface area contributed by atoms with Gasteiger partial charge in [0.05, 0.1) is 17.0 Å². The Hall–Kier alpha value is -4.18. The fourth-order valence-corrected chi connectivity index (χ4v) is 5.35. The summed E-state index contributed by atoms with van der Waals surface area (Å²) in [6.45, 7) is 3.25. The lowest BCUT2D eigenvalue weighted by atomic mass is 9.88. The van der Waals surface area contributed by atoms with E-state index in [1.807, 2.05) is 38.1 Å². The molecule has 0 bridgehead atoms. The molecule has 5 rings (SSSR count). The minimum absolute atomic E-state index is 0.122. The van der Waals surface area contributed by atoms with Crippen molar-refractivity contribution in [1.29, 1.82) is 0 Å². The van der Waals surface area contributed by atoms with Gasteiger partial charge in [0, 0.05) is 29.3 Å². The summed E-state index contributed by atoms with van der Waals surface area (Å²) in [6, 6.07) is 17.7. The molecule has 0 amide bonds. The molecule has 0 aliphatic rings. The maximum absolute atomic E-state index is 11.7. The molecule has 0 aliphatic heterocycles. The molecule has 0 fully saturated rings. The zero-order valence-electron chi connectivity index (χ0n) is 20.1. The summed E-state index contributed by atoms with van der Waals surface area (Å²) < 4.78 is 0. The third-order valence-electron chi connectivity index (χ3n) is 6.10. The number of rotatable bonds is 7. The van der Waals surface area contributed by atoms with Crippen LogP contribution in [0.2, 0.25) is 0 Å². The lowest BCUT2D eigenvalue weighted by Gasteiger charge is -2.26. The van der Waals surface area contributed by atoms with Gasteiger partial charge in [-0.15, -0.1) is 11.3 Å². The van der Waals surface area contributed by atoms with Crippen LogP contribution in [0.4, 0.5) is 11.6 Å². The first kappa shape index (κ1) is 24.5. The van der Waals surface area contributed by atoms with Crippen molar-refractivity contribution in [2.75, 3.05) is 11.9 Å². The number of fused-ring (bicyclic) bond motifs is 1. The number of carboxylic acids is 1. The lowest BCUT2D eigenvalue weighted by Crippen LogP contribution is -2.32. The van der Waals surface area contributed by atoms with E-state index in [4.69, 9.17) is 0 Å². The molecule has 3 aromatic carbocycles. The van der Waals surface area contributed by atoms with Gasteiger partial charge in [-0.25, -0.2) is 19.7 Å². The van der Waals surface area contributed by atoms with E-state index in [1.165, 1.54) is 17.4 Å². The number of aliphatic hydroxyl groups is 2. The highest BCUT2D eigenvalue weighted by Crippen LogP contribution is 2.40. The molecule has 1 unspecified atom stereocenters. The number of carbonyl (C=O) groups is 1. The van der Waals surface area contributed by atoms with Crippen LogP contribution >= 0.6 is 11.3 Å². The molecule has 186 valence electrons. The summed E-state index contributed by atoms with van der Waals surface area (Å²) in [5, 5.41) is 36.2. The van der Waals surface area contributed by atoms with Crippen molar-refractivity contribution in [3.05, 3.63) is 100 Å². The number of aromatic carboxylic acids is 1. The largest absolute Gasteiger partial charge is 0.478 e. The molecule has 8 nitrogen and oxygen atoms in total. The molecule has 2 aromatic heterocycles. The van der Waals surface area contributed by atoms with Crippen LogP contribution in [-0.4, -0.2) is 42.8 Å². The fourth-order valence-electron chi connectivity index (χ4n) is 4.35. The van der Waals surface area contributed by atoms with Crippen molar-refractivity contribution in [1.82, 2.24) is 15.0 Å². The van der Waals surface area contributed by atoms with Crippen LogP contribution in [0.5, 0.6) is 0 Å². The second-order valence-corrected chi connectivity index (χ2v) is 9.82. The first-order valence-electron chi connectivity index (χ1n) is 11.5. The maximum atomic E-state index is 11.7. The van der Waals surface area contributed by atoms with E-state index in [9.17, 15) is 20.1 Å². The Labute approximate surface area is 217 Å². The molecule has 9 heteroatoms. The number of carboxylic acid groups (broad SMARTS) is 1. The van der Waals surface area contributed by atoms with Gasteiger partial charge in [-0.1, -0.05) is 36.4 Å². The van der Waals surface area contributed by atoms with Crippen LogP contribution in [-0.2, 0) is 5.60 Å². The fraction of sp³-hybridized carbons (Fsp3) is 0.143. The standard InChI is InChI=1S/C28H24N4O4S/c1-16-11-18(13-19(12-16)32-27-29-10-9-17(2)31-27)24-14-30-26(37-24)28(36,15-33)23-8-7-22(25(34)35)20-5-3-4-6-21(20)23/h3-14,33,36H,15H2,1-2H3,(H,34,35)(H,29,31,32). The van der Waals surface area contributed by atoms with Gasteiger partial charge in [0.25, 0.3) is 0 Å². The quantitative estimate of drug-likeness (QED) is 0.239. The Morgan fingerprint density at radius 3 is 2.54 bits per heavy atom. The van der Waals surface area contributed by atoms with Crippen LogP contribution in [0, 0.1) is 13.8 Å². The number of anilines is 2. The first-order valence-corrected chi connectivity index (χ1v) is 12.3. The Morgan fingerprint density at radius 2 is 1.81 bits per heavy atom. The minimum Gasteiger partial charge on any atom is -0.478 e. The summed E-state index contributed by atoms with van der Waals surface area (Å²) in [7, 11) is 0. The van der Waals surface area contributed by atoms with Crippen LogP contribution < -0.4 is 5.32 Å². The molecule has 0 saturated carbocycles. The van der Waals surface area contributed by atoms with E-state index in [2.05, 4.69) is 20.3 Å². The third kappa shape index (κ3) is 4.67. The topological polar surface area (TPSA) is 128 Å². The van der Waals surface area contributed by atoms with Crippen LogP contribution in [0.15, 0.2) is 73.1 Å². The van der Waals surface area contributed by atoms with E-state index >= 15 is 0 Å². The summed E-state index contributed by atoms with van der Waals surface area (Å²) in [4.78, 5) is 25.7. The molecular weight excluding hydrogens is 488 g/mol. The van der Waals surface area contributed by atoms with Crippen molar-refractivity contribution >= 4 is 39.7 Å². The van der Waals surface area contributed by atoms with Crippen molar-refractivity contribution < 1.29 is 20.1 Å². The van der Waals surface area contributed by atoms with Crippen molar-refractivity contribution in [3.8, 4) is 10.4 Å². The van der Waals surface area contributed by atoms with Crippen molar-refractivity contribution in [2.45, 2.75) is 19.4 Å². The predicted octanol–water partition coefficient (Wildman–Crippen LogP) is 5.04. The SMILES string of the molecule is Cc1cc(Nc2nccc(C)n2)cc(-c2cnc(C(O)(CO)c3ccc(C(=O)O)c4ccccc34)s2)c1. The summed E-state index contributed by atoms with van der Waals surface area (Å²) in [5.41, 5.74) is 2.24. The highest BCUT2D eigenvalue weighted by atomic mass is 32.1. The van der Waals surface area contributed by atoms with E-state index in [0.717, 1.165) is 27.4 Å². The summed E-state index contributed by atoms with van der Waals surface area (Å²) >= 11 is 1.26. The molecule has 37 heavy (non-hydrogen) atoms. The smallest absolute Gasteiger partial charge is 0.336 e. The second kappa shape index (κ2) is 9.70. The maximum Gasteiger partial charge on any atom is 0.336 e. The van der Waals surface area contributed by atoms with E-state index in [0.29, 0.717) is 27.3 Å². The molecule has 0 aliphatic carbocycles. The Kier molecular flexibility index (Phi) is 6.43.